The number of amides is 1. The molecule has 0 aromatic heterocycles. The highest BCUT2D eigenvalue weighted by Gasteiger charge is 2.44. The van der Waals surface area contributed by atoms with E-state index in [9.17, 15) is 9.59 Å². The molecule has 7 heteroatoms. The molecular formula is C21H18BrCl2NO3. The van der Waals surface area contributed by atoms with Gasteiger partial charge in [0.1, 0.15) is 11.4 Å². The number of hydrogen-bond donors (Lipinski definition) is 0. The van der Waals surface area contributed by atoms with E-state index in [0.717, 1.165) is 10.0 Å². The molecule has 2 aromatic carbocycles. The molecule has 4 nitrogen and oxygen atoms in total. The predicted molar refractivity (Wildman–Crippen MR) is 112 cm³/mol. The van der Waals surface area contributed by atoms with E-state index in [-0.39, 0.29) is 18.1 Å². The third-order valence-electron chi connectivity index (χ3n) is 5.41. The van der Waals surface area contributed by atoms with Gasteiger partial charge in [0.15, 0.2) is 5.78 Å². The molecule has 0 N–H and O–H groups in total. The first kappa shape index (κ1) is 19.7. The first-order chi connectivity index (χ1) is 13.3. The lowest BCUT2D eigenvalue weighted by molar-refractivity contribution is -0.134. The van der Waals surface area contributed by atoms with Gasteiger partial charge in [0, 0.05) is 35.4 Å². The topological polar surface area (TPSA) is 46.6 Å². The number of fused-ring (bicyclic) bond motifs is 1. The summed E-state index contributed by atoms with van der Waals surface area (Å²) < 4.78 is 7.21. The van der Waals surface area contributed by atoms with Crippen molar-refractivity contribution in [2.24, 2.45) is 0 Å². The first-order valence-electron chi connectivity index (χ1n) is 9.09. The predicted octanol–water partition coefficient (Wildman–Crippen LogP) is 5.33. The van der Waals surface area contributed by atoms with Gasteiger partial charge in [0.25, 0.3) is 0 Å². The van der Waals surface area contributed by atoms with Crippen LogP contribution in [0.15, 0.2) is 40.9 Å². The number of hydrogen-bond acceptors (Lipinski definition) is 3. The standard InChI is InChI=1S/C21H18BrCl2NO3/c22-14-3-1-13(2-4-14)9-19(27)25-7-5-21(6-8-25)12-18(26)16-10-15(23)11-17(24)20(16)28-21/h1-4,10-11H,5-9,12H2. The van der Waals surface area contributed by atoms with Gasteiger partial charge >= 0.3 is 0 Å². The molecule has 2 aliphatic heterocycles. The van der Waals surface area contributed by atoms with Crippen molar-refractivity contribution in [3.63, 3.8) is 0 Å². The van der Waals surface area contributed by atoms with E-state index in [2.05, 4.69) is 15.9 Å². The lowest BCUT2D eigenvalue weighted by Gasteiger charge is -2.44. The Bertz CT molecular complexity index is 937. The second-order valence-corrected chi connectivity index (χ2v) is 9.09. The van der Waals surface area contributed by atoms with E-state index < -0.39 is 5.60 Å². The highest BCUT2D eigenvalue weighted by molar-refractivity contribution is 9.10. The fourth-order valence-corrected chi connectivity index (χ4v) is 4.64. The number of likely N-dealkylation sites (tertiary alicyclic amines) is 1. The van der Waals surface area contributed by atoms with Crippen molar-refractivity contribution in [3.8, 4) is 5.75 Å². The average Bonchev–Trinajstić information content (AvgIpc) is 2.65. The van der Waals surface area contributed by atoms with E-state index in [1.807, 2.05) is 29.2 Å². The summed E-state index contributed by atoms with van der Waals surface area (Å²) in [4.78, 5) is 27.2. The minimum atomic E-state index is -0.601. The van der Waals surface area contributed by atoms with Crippen LogP contribution in [0.4, 0.5) is 0 Å². The summed E-state index contributed by atoms with van der Waals surface area (Å²) in [5.74, 6) is 0.488. The van der Waals surface area contributed by atoms with Gasteiger partial charge in [-0.2, -0.15) is 0 Å². The van der Waals surface area contributed by atoms with Gasteiger partial charge in [-0.25, -0.2) is 0 Å². The summed E-state index contributed by atoms with van der Waals surface area (Å²) in [5, 5.41) is 0.772. The van der Waals surface area contributed by atoms with Crippen LogP contribution in [0.2, 0.25) is 10.0 Å². The van der Waals surface area contributed by atoms with Crippen LogP contribution in [0, 0.1) is 0 Å². The molecule has 1 fully saturated rings. The number of benzene rings is 2. The molecule has 0 bridgehead atoms. The third-order valence-corrected chi connectivity index (χ3v) is 6.43. The Kier molecular flexibility index (Phi) is 5.43. The van der Waals surface area contributed by atoms with Crippen LogP contribution in [0.25, 0.3) is 0 Å². The van der Waals surface area contributed by atoms with Gasteiger partial charge in [-0.05, 0) is 29.8 Å². The smallest absolute Gasteiger partial charge is 0.226 e. The summed E-state index contributed by atoms with van der Waals surface area (Å²) in [7, 11) is 0. The number of Topliss-reactive ketones (excluding diaryl/α,β-unsaturated/α-hetero) is 1. The second-order valence-electron chi connectivity index (χ2n) is 7.33. The van der Waals surface area contributed by atoms with Crippen molar-refractivity contribution in [2.75, 3.05) is 13.1 Å². The SMILES string of the molecule is O=C1CC2(CCN(C(=O)Cc3ccc(Br)cc3)CC2)Oc2c(Cl)cc(Cl)cc21. The van der Waals surface area contributed by atoms with Crippen molar-refractivity contribution >= 4 is 50.8 Å². The quantitative estimate of drug-likeness (QED) is 0.581. The molecule has 0 atom stereocenters. The lowest BCUT2D eigenvalue weighted by atomic mass is 9.82. The van der Waals surface area contributed by atoms with Gasteiger partial charge in [-0.3, -0.25) is 9.59 Å². The number of carbonyl (C=O) groups is 2. The number of ketones is 1. The molecule has 0 saturated carbocycles. The van der Waals surface area contributed by atoms with Crippen LogP contribution in [0.1, 0.15) is 35.2 Å². The third kappa shape index (κ3) is 3.93. The Hall–Kier alpha value is -1.56. The zero-order chi connectivity index (χ0) is 19.9. The van der Waals surface area contributed by atoms with Crippen LogP contribution in [0.5, 0.6) is 5.75 Å². The molecule has 1 spiro atoms. The van der Waals surface area contributed by atoms with E-state index >= 15 is 0 Å². The maximum absolute atomic E-state index is 12.7. The fourth-order valence-electron chi connectivity index (χ4n) is 3.84. The highest BCUT2D eigenvalue weighted by atomic mass is 79.9. The van der Waals surface area contributed by atoms with Crippen LogP contribution in [-0.2, 0) is 11.2 Å². The molecule has 0 radical (unpaired) electrons. The van der Waals surface area contributed by atoms with Crippen molar-refractivity contribution in [1.29, 1.82) is 0 Å². The number of ether oxygens (including phenoxy) is 1. The summed E-state index contributed by atoms with van der Waals surface area (Å²) in [5.41, 5.74) is 0.822. The van der Waals surface area contributed by atoms with Crippen molar-refractivity contribution in [2.45, 2.75) is 31.3 Å². The van der Waals surface area contributed by atoms with E-state index in [0.29, 0.717) is 53.7 Å². The van der Waals surface area contributed by atoms with E-state index in [4.69, 9.17) is 27.9 Å². The van der Waals surface area contributed by atoms with Crippen molar-refractivity contribution < 1.29 is 14.3 Å². The Labute approximate surface area is 181 Å². The second kappa shape index (κ2) is 7.69. The van der Waals surface area contributed by atoms with E-state index in [1.165, 1.54) is 0 Å². The lowest BCUT2D eigenvalue weighted by Crippen LogP contribution is -2.52. The van der Waals surface area contributed by atoms with Gasteiger partial charge in [-0.15, -0.1) is 0 Å². The maximum Gasteiger partial charge on any atom is 0.226 e. The number of nitrogens with zero attached hydrogens (tertiary/aromatic N) is 1. The van der Waals surface area contributed by atoms with Crippen LogP contribution in [0.3, 0.4) is 0 Å². The average molecular weight is 483 g/mol. The van der Waals surface area contributed by atoms with Gasteiger partial charge in [0.2, 0.25) is 5.91 Å². The Morgan fingerprint density at radius 3 is 2.50 bits per heavy atom. The molecule has 0 aliphatic carbocycles. The largest absolute Gasteiger partial charge is 0.484 e. The minimum absolute atomic E-state index is 0.0136. The summed E-state index contributed by atoms with van der Waals surface area (Å²) >= 11 is 15.7. The zero-order valence-corrected chi connectivity index (χ0v) is 18.1. The molecule has 0 unspecified atom stereocenters. The Balaban J connectivity index is 1.44. The number of carbonyl (C=O) groups excluding carboxylic acids is 2. The summed E-state index contributed by atoms with van der Waals surface area (Å²) in [6, 6.07) is 11.0. The van der Waals surface area contributed by atoms with E-state index in [1.54, 1.807) is 12.1 Å². The molecule has 4 rings (SSSR count). The number of piperidine rings is 1. The molecule has 2 aliphatic rings. The zero-order valence-electron chi connectivity index (χ0n) is 15.0. The first-order valence-corrected chi connectivity index (χ1v) is 10.6. The monoisotopic (exact) mass is 481 g/mol. The molecule has 2 aromatic rings. The van der Waals surface area contributed by atoms with Gasteiger partial charge in [-0.1, -0.05) is 51.3 Å². The van der Waals surface area contributed by atoms with Crippen LogP contribution < -0.4 is 4.74 Å². The Morgan fingerprint density at radius 1 is 1.14 bits per heavy atom. The number of halogens is 3. The molecule has 28 heavy (non-hydrogen) atoms. The summed E-state index contributed by atoms with van der Waals surface area (Å²) in [6.07, 6.45) is 1.85. The fraction of sp³-hybridized carbons (Fsp3) is 0.333. The molecule has 1 saturated heterocycles. The van der Waals surface area contributed by atoms with Crippen LogP contribution in [-0.4, -0.2) is 35.3 Å². The van der Waals surface area contributed by atoms with Gasteiger partial charge in [0.05, 0.1) is 23.4 Å². The Morgan fingerprint density at radius 2 is 1.82 bits per heavy atom. The minimum Gasteiger partial charge on any atom is -0.484 e. The maximum atomic E-state index is 12.7. The highest BCUT2D eigenvalue weighted by Crippen LogP contribution is 2.44. The van der Waals surface area contributed by atoms with Crippen molar-refractivity contribution in [1.82, 2.24) is 4.90 Å². The number of rotatable bonds is 2. The molecule has 146 valence electrons. The van der Waals surface area contributed by atoms with Crippen LogP contribution >= 0.6 is 39.1 Å². The normalized spacial score (nSPS) is 18.0. The molecule has 1 amide bonds. The molecular weight excluding hydrogens is 465 g/mol. The van der Waals surface area contributed by atoms with Crippen molar-refractivity contribution in [3.05, 3.63) is 62.0 Å². The summed E-state index contributed by atoms with van der Waals surface area (Å²) in [6.45, 7) is 1.12. The molecule has 2 heterocycles. The van der Waals surface area contributed by atoms with Gasteiger partial charge < -0.3 is 9.64 Å².